The van der Waals surface area contributed by atoms with Crippen LogP contribution < -0.4 is 4.74 Å². The third kappa shape index (κ3) is 2.23. The van der Waals surface area contributed by atoms with Gasteiger partial charge in [-0.05, 0) is 38.1 Å². The fourth-order valence-corrected chi connectivity index (χ4v) is 2.59. The van der Waals surface area contributed by atoms with Crippen LogP contribution in [0, 0.1) is 6.92 Å². The van der Waals surface area contributed by atoms with Gasteiger partial charge in [0, 0.05) is 12.6 Å². The molecule has 4 nitrogen and oxygen atoms in total. The first-order valence-electron chi connectivity index (χ1n) is 6.98. The summed E-state index contributed by atoms with van der Waals surface area (Å²) in [6.07, 6.45) is 0. The maximum atomic E-state index is 10.2. The Labute approximate surface area is 123 Å². The minimum Gasteiger partial charge on any atom is -0.507 e. The summed E-state index contributed by atoms with van der Waals surface area (Å²) in [5.41, 5.74) is 3.75. The van der Waals surface area contributed by atoms with E-state index in [0.717, 1.165) is 40.3 Å². The van der Waals surface area contributed by atoms with E-state index in [1.54, 1.807) is 13.2 Å². The van der Waals surface area contributed by atoms with Crippen molar-refractivity contribution in [2.24, 2.45) is 0 Å². The van der Waals surface area contributed by atoms with Crippen molar-refractivity contribution >= 4 is 11.0 Å². The Kier molecular flexibility index (Phi) is 3.29. The van der Waals surface area contributed by atoms with Gasteiger partial charge in [0.1, 0.15) is 17.3 Å². The summed E-state index contributed by atoms with van der Waals surface area (Å²) in [5.74, 6) is 1.81. The van der Waals surface area contributed by atoms with Crippen LogP contribution in [0.2, 0.25) is 0 Å². The molecule has 0 aliphatic heterocycles. The molecule has 0 saturated heterocycles. The summed E-state index contributed by atoms with van der Waals surface area (Å²) in [6, 6.07) is 11.4. The molecule has 21 heavy (non-hydrogen) atoms. The quantitative estimate of drug-likeness (QED) is 0.796. The van der Waals surface area contributed by atoms with Gasteiger partial charge in [0.15, 0.2) is 0 Å². The van der Waals surface area contributed by atoms with E-state index in [1.807, 2.05) is 37.3 Å². The minimum atomic E-state index is 0.248. The first-order valence-corrected chi connectivity index (χ1v) is 6.98. The van der Waals surface area contributed by atoms with Gasteiger partial charge >= 0.3 is 0 Å². The van der Waals surface area contributed by atoms with Crippen LogP contribution in [0.3, 0.4) is 0 Å². The lowest BCUT2D eigenvalue weighted by Crippen LogP contribution is -1.98. The van der Waals surface area contributed by atoms with Gasteiger partial charge in [-0.25, -0.2) is 4.98 Å². The number of phenols is 1. The standard InChI is InChI=1S/C17H18N2O2/c1-4-19-15-7-6-12(21-3)10-14(15)18-17(19)13-9-11(2)5-8-16(13)20/h5-10,20H,4H2,1-3H3. The van der Waals surface area contributed by atoms with Gasteiger partial charge in [-0.1, -0.05) is 11.6 Å². The van der Waals surface area contributed by atoms with Gasteiger partial charge in [-0.3, -0.25) is 0 Å². The number of hydrogen-bond donors (Lipinski definition) is 1. The molecule has 0 unspecified atom stereocenters. The number of phenolic OH excluding ortho intramolecular Hbond substituents is 1. The predicted molar refractivity (Wildman–Crippen MR) is 83.8 cm³/mol. The number of imidazole rings is 1. The van der Waals surface area contributed by atoms with Crippen LogP contribution in [0.5, 0.6) is 11.5 Å². The molecule has 0 aliphatic rings. The summed E-state index contributed by atoms with van der Waals surface area (Å²) >= 11 is 0. The number of fused-ring (bicyclic) bond motifs is 1. The lowest BCUT2D eigenvalue weighted by atomic mass is 10.1. The number of ether oxygens (including phenoxy) is 1. The first-order chi connectivity index (χ1) is 10.1. The van der Waals surface area contributed by atoms with Crippen molar-refractivity contribution in [2.45, 2.75) is 20.4 Å². The molecule has 0 radical (unpaired) electrons. The first kappa shape index (κ1) is 13.5. The molecule has 3 aromatic rings. The molecule has 1 aromatic heterocycles. The zero-order valence-corrected chi connectivity index (χ0v) is 12.4. The fourth-order valence-electron chi connectivity index (χ4n) is 2.59. The average Bonchev–Trinajstić information content (AvgIpc) is 2.86. The van der Waals surface area contributed by atoms with Gasteiger partial charge in [0.05, 0.1) is 23.7 Å². The molecule has 0 fully saturated rings. The molecule has 0 amide bonds. The second-order valence-corrected chi connectivity index (χ2v) is 5.05. The Morgan fingerprint density at radius 2 is 2.00 bits per heavy atom. The van der Waals surface area contributed by atoms with E-state index in [4.69, 9.17) is 4.74 Å². The predicted octanol–water partition coefficient (Wildman–Crippen LogP) is 3.75. The van der Waals surface area contributed by atoms with E-state index < -0.39 is 0 Å². The molecule has 3 rings (SSSR count). The number of aromatic nitrogens is 2. The van der Waals surface area contributed by atoms with E-state index in [2.05, 4.69) is 16.5 Å². The molecule has 1 N–H and O–H groups in total. The number of hydrogen-bond acceptors (Lipinski definition) is 3. The summed E-state index contributed by atoms with van der Waals surface area (Å²) in [4.78, 5) is 4.69. The number of methoxy groups -OCH3 is 1. The smallest absolute Gasteiger partial charge is 0.144 e. The summed E-state index contributed by atoms with van der Waals surface area (Å²) in [6.45, 7) is 4.86. The van der Waals surface area contributed by atoms with Crippen LogP contribution in [-0.2, 0) is 6.54 Å². The van der Waals surface area contributed by atoms with Crippen molar-refractivity contribution in [3.63, 3.8) is 0 Å². The van der Waals surface area contributed by atoms with E-state index in [-0.39, 0.29) is 5.75 Å². The van der Waals surface area contributed by atoms with Gasteiger partial charge in [0.25, 0.3) is 0 Å². The molecule has 4 heteroatoms. The van der Waals surface area contributed by atoms with Crippen molar-refractivity contribution in [1.82, 2.24) is 9.55 Å². The summed E-state index contributed by atoms with van der Waals surface area (Å²) in [7, 11) is 1.64. The van der Waals surface area contributed by atoms with E-state index in [9.17, 15) is 5.11 Å². The Morgan fingerprint density at radius 1 is 1.19 bits per heavy atom. The number of benzene rings is 2. The van der Waals surface area contributed by atoms with Crippen LogP contribution in [0.25, 0.3) is 22.4 Å². The normalized spacial score (nSPS) is 11.0. The van der Waals surface area contributed by atoms with E-state index in [0.29, 0.717) is 0 Å². The topological polar surface area (TPSA) is 47.3 Å². The molecule has 1 heterocycles. The Hall–Kier alpha value is -2.49. The molecule has 0 bridgehead atoms. The molecule has 0 spiro atoms. The van der Waals surface area contributed by atoms with Gasteiger partial charge in [-0.15, -0.1) is 0 Å². The molecule has 108 valence electrons. The van der Waals surface area contributed by atoms with Crippen LogP contribution in [-0.4, -0.2) is 21.8 Å². The van der Waals surface area contributed by atoms with E-state index in [1.165, 1.54) is 0 Å². The summed E-state index contributed by atoms with van der Waals surface area (Å²) in [5, 5.41) is 10.2. The Morgan fingerprint density at radius 3 is 2.71 bits per heavy atom. The van der Waals surface area contributed by atoms with E-state index >= 15 is 0 Å². The maximum Gasteiger partial charge on any atom is 0.144 e. The van der Waals surface area contributed by atoms with Crippen LogP contribution in [0.15, 0.2) is 36.4 Å². The highest BCUT2D eigenvalue weighted by Crippen LogP contribution is 2.33. The Bertz CT molecular complexity index is 806. The van der Waals surface area contributed by atoms with Crippen LogP contribution in [0.1, 0.15) is 12.5 Å². The lowest BCUT2D eigenvalue weighted by molar-refractivity contribution is 0.415. The molecule has 0 saturated carbocycles. The fraction of sp³-hybridized carbons (Fsp3) is 0.235. The number of nitrogens with zero attached hydrogens (tertiary/aromatic N) is 2. The minimum absolute atomic E-state index is 0.248. The zero-order chi connectivity index (χ0) is 15.0. The van der Waals surface area contributed by atoms with Crippen molar-refractivity contribution in [1.29, 1.82) is 0 Å². The second kappa shape index (κ2) is 5.13. The van der Waals surface area contributed by atoms with Crippen molar-refractivity contribution < 1.29 is 9.84 Å². The largest absolute Gasteiger partial charge is 0.507 e. The van der Waals surface area contributed by atoms with Crippen molar-refractivity contribution in [3.8, 4) is 22.9 Å². The van der Waals surface area contributed by atoms with Gasteiger partial charge < -0.3 is 14.4 Å². The number of aromatic hydroxyl groups is 1. The second-order valence-electron chi connectivity index (χ2n) is 5.05. The van der Waals surface area contributed by atoms with Crippen LogP contribution >= 0.6 is 0 Å². The number of rotatable bonds is 3. The highest BCUT2D eigenvalue weighted by atomic mass is 16.5. The highest BCUT2D eigenvalue weighted by molar-refractivity contribution is 5.83. The molecule has 0 aliphatic carbocycles. The number of aryl methyl sites for hydroxylation is 2. The third-order valence-corrected chi connectivity index (χ3v) is 3.66. The van der Waals surface area contributed by atoms with Crippen molar-refractivity contribution in [3.05, 3.63) is 42.0 Å². The van der Waals surface area contributed by atoms with Crippen LogP contribution in [0.4, 0.5) is 0 Å². The average molecular weight is 282 g/mol. The lowest BCUT2D eigenvalue weighted by Gasteiger charge is -2.08. The summed E-state index contributed by atoms with van der Waals surface area (Å²) < 4.78 is 7.36. The highest BCUT2D eigenvalue weighted by Gasteiger charge is 2.15. The maximum absolute atomic E-state index is 10.2. The van der Waals surface area contributed by atoms with Crippen molar-refractivity contribution in [2.75, 3.05) is 7.11 Å². The molecule has 2 aromatic carbocycles. The SMILES string of the molecule is CCn1c(-c2cc(C)ccc2O)nc2cc(OC)ccc21. The molecular formula is C17H18N2O2. The molecule has 0 atom stereocenters. The molecular weight excluding hydrogens is 264 g/mol. The zero-order valence-electron chi connectivity index (χ0n) is 12.4. The monoisotopic (exact) mass is 282 g/mol. The Balaban J connectivity index is 2.29. The van der Waals surface area contributed by atoms with Gasteiger partial charge in [0.2, 0.25) is 0 Å². The third-order valence-electron chi connectivity index (χ3n) is 3.66. The van der Waals surface area contributed by atoms with Gasteiger partial charge in [-0.2, -0.15) is 0 Å².